The number of nitrogens with one attached hydrogen (secondary N) is 3. The minimum absolute atomic E-state index is 0.0450. The van der Waals surface area contributed by atoms with Gasteiger partial charge in [-0.25, -0.2) is 0 Å². The van der Waals surface area contributed by atoms with Crippen LogP contribution in [0.5, 0.6) is 5.75 Å². The number of aryl methyl sites for hydroxylation is 1. The lowest BCUT2D eigenvalue weighted by Gasteiger charge is -2.12. The monoisotopic (exact) mass is 445 g/mol. The van der Waals surface area contributed by atoms with Crippen molar-refractivity contribution in [2.45, 2.75) is 32.7 Å². The molecule has 0 fully saturated rings. The summed E-state index contributed by atoms with van der Waals surface area (Å²) in [6.07, 6.45) is 1.90. The molecule has 0 aromatic heterocycles. The van der Waals surface area contributed by atoms with Gasteiger partial charge in [0.05, 0.1) is 13.2 Å². The maximum absolute atomic E-state index is 12.4. The van der Waals surface area contributed by atoms with Gasteiger partial charge in [0.2, 0.25) is 5.91 Å². The topological polar surface area (TPSA) is 79.5 Å². The molecule has 0 atom stereocenters. The van der Waals surface area contributed by atoms with Gasteiger partial charge < -0.3 is 20.7 Å². The summed E-state index contributed by atoms with van der Waals surface area (Å²) >= 11 is 0. The van der Waals surface area contributed by atoms with Crippen LogP contribution in [0.3, 0.4) is 0 Å². The van der Waals surface area contributed by atoms with E-state index in [2.05, 4.69) is 28.1 Å². The van der Waals surface area contributed by atoms with E-state index in [0.717, 1.165) is 24.3 Å². The number of ether oxygens (including phenoxy) is 1. The molecule has 0 saturated heterocycles. The first-order valence-electron chi connectivity index (χ1n) is 11.2. The number of hydrogen-bond donors (Lipinski definition) is 3. The van der Waals surface area contributed by atoms with Crippen molar-refractivity contribution in [3.63, 3.8) is 0 Å². The minimum Gasteiger partial charge on any atom is -0.494 e. The maximum Gasteiger partial charge on any atom is 0.251 e. The van der Waals surface area contributed by atoms with Gasteiger partial charge in [0.25, 0.3) is 5.91 Å². The van der Waals surface area contributed by atoms with Crippen LogP contribution in [-0.4, -0.2) is 31.0 Å². The minimum atomic E-state index is -0.203. The molecule has 3 aromatic rings. The van der Waals surface area contributed by atoms with Crippen LogP contribution in [0.2, 0.25) is 0 Å². The normalized spacial score (nSPS) is 10.5. The van der Waals surface area contributed by atoms with E-state index in [0.29, 0.717) is 17.9 Å². The first-order chi connectivity index (χ1) is 16.0. The molecule has 2 amide bonds. The highest BCUT2D eigenvalue weighted by molar-refractivity contribution is 5.98. The average molecular weight is 446 g/mol. The van der Waals surface area contributed by atoms with Crippen LogP contribution >= 0.6 is 0 Å². The molecule has 6 heteroatoms. The van der Waals surface area contributed by atoms with Crippen LogP contribution < -0.4 is 20.7 Å². The Hall–Kier alpha value is -3.80. The van der Waals surface area contributed by atoms with E-state index in [4.69, 9.17) is 4.74 Å². The number of carbonyl (C=O) groups excluding carboxylic acids is 2. The number of hydrogen-bond acceptors (Lipinski definition) is 4. The molecule has 0 aliphatic rings. The van der Waals surface area contributed by atoms with Gasteiger partial charge in [0.15, 0.2) is 0 Å². The molecule has 0 heterocycles. The van der Waals surface area contributed by atoms with Crippen LogP contribution in [0.25, 0.3) is 0 Å². The first-order valence-corrected chi connectivity index (χ1v) is 11.2. The zero-order chi connectivity index (χ0) is 23.5. The molecule has 172 valence electrons. The van der Waals surface area contributed by atoms with Crippen molar-refractivity contribution in [1.82, 2.24) is 5.32 Å². The molecule has 0 radical (unpaired) electrons. The number of rotatable bonds is 11. The molecule has 0 aliphatic carbocycles. The van der Waals surface area contributed by atoms with E-state index in [1.807, 2.05) is 56.3 Å². The number of anilines is 2. The van der Waals surface area contributed by atoms with Crippen LogP contribution in [0, 0.1) is 0 Å². The molecular weight excluding hydrogens is 414 g/mol. The van der Waals surface area contributed by atoms with Gasteiger partial charge in [-0.1, -0.05) is 42.5 Å². The summed E-state index contributed by atoms with van der Waals surface area (Å²) in [5.41, 5.74) is 3.18. The molecule has 3 aromatic carbocycles. The fraction of sp³-hybridized carbons (Fsp3) is 0.259. The summed E-state index contributed by atoms with van der Waals surface area (Å²) in [5, 5.41) is 8.78. The zero-order valence-corrected chi connectivity index (χ0v) is 19.1. The SMILES string of the molecule is CC(C)NC(=O)c1cccc(NC(=O)CNc2cccc(OCCCc3ccccc3)c2)c1. The molecule has 0 unspecified atom stereocenters. The summed E-state index contributed by atoms with van der Waals surface area (Å²) < 4.78 is 5.86. The molecule has 3 rings (SSSR count). The second-order valence-corrected chi connectivity index (χ2v) is 8.08. The Kier molecular flexibility index (Phi) is 8.88. The molecule has 0 aliphatic heterocycles. The third kappa shape index (κ3) is 8.33. The van der Waals surface area contributed by atoms with Crippen molar-refractivity contribution in [3.8, 4) is 5.75 Å². The van der Waals surface area contributed by atoms with Gasteiger partial charge >= 0.3 is 0 Å². The van der Waals surface area contributed by atoms with Gasteiger partial charge in [-0.15, -0.1) is 0 Å². The second kappa shape index (κ2) is 12.3. The first kappa shape index (κ1) is 23.9. The van der Waals surface area contributed by atoms with Gasteiger partial charge in [0, 0.05) is 29.0 Å². The van der Waals surface area contributed by atoms with Crippen LogP contribution in [0.15, 0.2) is 78.9 Å². The van der Waals surface area contributed by atoms with Gasteiger partial charge in [0.1, 0.15) is 5.75 Å². The fourth-order valence-electron chi connectivity index (χ4n) is 3.28. The van der Waals surface area contributed by atoms with E-state index in [9.17, 15) is 9.59 Å². The molecule has 33 heavy (non-hydrogen) atoms. The van der Waals surface area contributed by atoms with E-state index in [1.165, 1.54) is 5.56 Å². The molecule has 0 bridgehead atoms. The highest BCUT2D eigenvalue weighted by Crippen LogP contribution is 2.18. The maximum atomic E-state index is 12.4. The summed E-state index contributed by atoms with van der Waals surface area (Å²) in [7, 11) is 0. The Labute approximate surface area is 195 Å². The Morgan fingerprint density at radius 2 is 1.64 bits per heavy atom. The predicted octanol–water partition coefficient (Wildman–Crippen LogP) is 4.89. The third-order valence-electron chi connectivity index (χ3n) is 4.84. The van der Waals surface area contributed by atoms with Crippen LogP contribution in [-0.2, 0) is 11.2 Å². The van der Waals surface area contributed by atoms with Crippen molar-refractivity contribution in [3.05, 3.63) is 90.0 Å². The number of benzene rings is 3. The molecular formula is C27H31N3O3. The lowest BCUT2D eigenvalue weighted by molar-refractivity contribution is -0.114. The zero-order valence-electron chi connectivity index (χ0n) is 19.1. The Balaban J connectivity index is 1.44. The van der Waals surface area contributed by atoms with E-state index < -0.39 is 0 Å². The van der Waals surface area contributed by atoms with E-state index in [-0.39, 0.29) is 24.4 Å². The van der Waals surface area contributed by atoms with Crippen LogP contribution in [0.4, 0.5) is 11.4 Å². The Morgan fingerprint density at radius 3 is 2.42 bits per heavy atom. The summed E-state index contributed by atoms with van der Waals surface area (Å²) in [5.74, 6) is 0.391. The van der Waals surface area contributed by atoms with Crippen molar-refractivity contribution in [1.29, 1.82) is 0 Å². The molecule has 3 N–H and O–H groups in total. The highest BCUT2D eigenvalue weighted by Gasteiger charge is 2.09. The van der Waals surface area contributed by atoms with Crippen LogP contribution in [0.1, 0.15) is 36.2 Å². The number of carbonyl (C=O) groups is 2. The van der Waals surface area contributed by atoms with Crippen molar-refractivity contribution < 1.29 is 14.3 Å². The smallest absolute Gasteiger partial charge is 0.251 e. The van der Waals surface area contributed by atoms with E-state index >= 15 is 0 Å². The summed E-state index contributed by atoms with van der Waals surface area (Å²) in [6.45, 7) is 4.53. The van der Waals surface area contributed by atoms with E-state index in [1.54, 1.807) is 24.3 Å². The van der Waals surface area contributed by atoms with Gasteiger partial charge in [-0.3, -0.25) is 9.59 Å². The fourth-order valence-corrected chi connectivity index (χ4v) is 3.28. The van der Waals surface area contributed by atoms with Crippen molar-refractivity contribution >= 4 is 23.2 Å². The van der Waals surface area contributed by atoms with Gasteiger partial charge in [-0.05, 0) is 62.6 Å². The summed E-state index contributed by atoms with van der Waals surface area (Å²) in [4.78, 5) is 24.5. The molecule has 6 nitrogen and oxygen atoms in total. The number of amides is 2. The molecule has 0 saturated carbocycles. The van der Waals surface area contributed by atoms with Crippen molar-refractivity contribution in [2.24, 2.45) is 0 Å². The predicted molar refractivity (Wildman–Crippen MR) is 133 cm³/mol. The lowest BCUT2D eigenvalue weighted by Crippen LogP contribution is -2.30. The largest absolute Gasteiger partial charge is 0.494 e. The Morgan fingerprint density at radius 1 is 0.879 bits per heavy atom. The third-order valence-corrected chi connectivity index (χ3v) is 4.84. The molecule has 0 spiro atoms. The summed E-state index contributed by atoms with van der Waals surface area (Å²) in [6, 6.07) is 24.8. The lowest BCUT2D eigenvalue weighted by atomic mass is 10.1. The van der Waals surface area contributed by atoms with Crippen molar-refractivity contribution in [2.75, 3.05) is 23.8 Å². The highest BCUT2D eigenvalue weighted by atomic mass is 16.5. The van der Waals surface area contributed by atoms with Gasteiger partial charge in [-0.2, -0.15) is 0 Å². The quantitative estimate of drug-likeness (QED) is 0.367. The standard InChI is InChI=1S/C27H31N3O3/c1-20(2)29-27(32)22-12-6-14-24(17-22)30-26(31)19-28-23-13-7-15-25(18-23)33-16-8-11-21-9-4-3-5-10-21/h3-7,9-10,12-15,17-18,20,28H,8,11,16,19H2,1-2H3,(H,29,32)(H,30,31). The second-order valence-electron chi connectivity index (χ2n) is 8.08. The Bertz CT molecular complexity index is 1050. The average Bonchev–Trinajstić information content (AvgIpc) is 2.81.